The summed E-state index contributed by atoms with van der Waals surface area (Å²) in [5.74, 6) is -1.61. The van der Waals surface area contributed by atoms with E-state index in [2.05, 4.69) is 15.3 Å². The number of carbonyl (C=O) groups is 3. The molecule has 10 heteroatoms. The average Bonchev–Trinajstić information content (AvgIpc) is 2.97. The minimum Gasteiger partial charge on any atom is -0.313 e. The minimum atomic E-state index is -0.843. The number of amides is 4. The molecule has 0 atom stereocenters. The number of barbiturate groups is 1. The van der Waals surface area contributed by atoms with Gasteiger partial charge in [0.05, 0.1) is 16.9 Å². The first-order chi connectivity index (χ1) is 19.4. The molecular weight excluding hydrogens is 510 g/mol. The Labute approximate surface area is 227 Å². The number of benzene rings is 2. The van der Waals surface area contributed by atoms with Crippen LogP contribution in [-0.4, -0.2) is 32.4 Å². The van der Waals surface area contributed by atoms with Gasteiger partial charge in [0.2, 0.25) is 0 Å². The quantitative estimate of drug-likeness (QED) is 0.223. The third kappa shape index (κ3) is 5.22. The van der Waals surface area contributed by atoms with Crippen molar-refractivity contribution in [2.24, 2.45) is 0 Å². The van der Waals surface area contributed by atoms with Gasteiger partial charge in [0.1, 0.15) is 5.57 Å². The number of pyridine rings is 1. The Morgan fingerprint density at radius 2 is 1.45 bits per heavy atom. The van der Waals surface area contributed by atoms with Crippen LogP contribution in [0.1, 0.15) is 11.1 Å². The fourth-order valence-electron chi connectivity index (χ4n) is 4.05. The number of nitrogens with zero attached hydrogens (tertiary/aromatic N) is 3. The number of aromatic nitrogens is 3. The highest BCUT2D eigenvalue weighted by atomic mass is 16.2. The third-order valence-corrected chi connectivity index (χ3v) is 6.02. The van der Waals surface area contributed by atoms with Crippen LogP contribution in [0.3, 0.4) is 0 Å². The largest absolute Gasteiger partial charge is 0.335 e. The number of allylic oxidation sites excluding steroid dienone is 4. The number of aromatic amines is 1. The van der Waals surface area contributed by atoms with E-state index in [0.29, 0.717) is 22.5 Å². The van der Waals surface area contributed by atoms with Crippen molar-refractivity contribution in [1.29, 1.82) is 0 Å². The molecule has 0 unspecified atom stereocenters. The molecule has 0 aliphatic carbocycles. The number of imide groups is 2. The summed E-state index contributed by atoms with van der Waals surface area (Å²) in [5.41, 5.74) is 0.764. The maximum atomic E-state index is 13.2. The minimum absolute atomic E-state index is 0.198. The van der Waals surface area contributed by atoms with Crippen molar-refractivity contribution in [3.63, 3.8) is 0 Å². The Hall–Kier alpha value is -5.90. The lowest BCUT2D eigenvalue weighted by Gasteiger charge is -2.26. The van der Waals surface area contributed by atoms with Gasteiger partial charge in [0.15, 0.2) is 0 Å². The van der Waals surface area contributed by atoms with E-state index in [-0.39, 0.29) is 11.1 Å². The average molecular weight is 532 g/mol. The molecule has 2 N–H and O–H groups in total. The van der Waals surface area contributed by atoms with E-state index in [1.807, 2.05) is 0 Å². The summed E-state index contributed by atoms with van der Waals surface area (Å²) in [5, 5.41) is 2.19. The Morgan fingerprint density at radius 1 is 0.800 bits per heavy atom. The Morgan fingerprint density at radius 3 is 2.12 bits per heavy atom. The molecular formula is C30H21N5O5. The standard InChI is InChI=1S/C30H21N5O5/c36-26-25(28(38)35(30(40)33-26)24-9-5-2-6-10-24)14-13-20(21-15-17-31-18-16-21)11-12-22-19-32-29(39)34(27(22)37)23-7-3-1-4-8-23/h1-19H,(H,32,39)(H,33,36,40). The van der Waals surface area contributed by atoms with Crippen LogP contribution in [0.5, 0.6) is 0 Å². The predicted molar refractivity (Wildman–Crippen MR) is 149 cm³/mol. The van der Waals surface area contributed by atoms with Crippen LogP contribution in [0.15, 0.2) is 125 Å². The molecule has 4 aromatic rings. The summed E-state index contributed by atoms with van der Waals surface area (Å²) in [6.07, 6.45) is 10.4. The van der Waals surface area contributed by atoms with Gasteiger partial charge in [-0.2, -0.15) is 0 Å². The maximum Gasteiger partial charge on any atom is 0.335 e. The second-order valence-corrected chi connectivity index (χ2v) is 8.53. The van der Waals surface area contributed by atoms with Gasteiger partial charge in [-0.1, -0.05) is 48.6 Å². The second kappa shape index (κ2) is 11.2. The van der Waals surface area contributed by atoms with Crippen LogP contribution in [0.25, 0.3) is 17.3 Å². The highest BCUT2D eigenvalue weighted by Gasteiger charge is 2.36. The summed E-state index contributed by atoms with van der Waals surface area (Å²) in [4.78, 5) is 71.2. The number of rotatable bonds is 6. The highest BCUT2D eigenvalue weighted by molar-refractivity contribution is 6.37. The molecule has 1 fully saturated rings. The van der Waals surface area contributed by atoms with Gasteiger partial charge < -0.3 is 4.98 Å². The molecule has 0 saturated carbocycles. The van der Waals surface area contributed by atoms with Crippen molar-refractivity contribution in [2.75, 3.05) is 4.90 Å². The first-order valence-corrected chi connectivity index (χ1v) is 12.1. The van der Waals surface area contributed by atoms with Crippen LogP contribution in [0.4, 0.5) is 10.5 Å². The van der Waals surface area contributed by atoms with Gasteiger partial charge in [-0.05, 0) is 59.7 Å². The lowest BCUT2D eigenvalue weighted by Crippen LogP contribution is -2.54. The lowest BCUT2D eigenvalue weighted by molar-refractivity contribution is -0.122. The normalized spacial score (nSPS) is 15.1. The SMILES string of the molecule is O=C1NC(=O)N(c2ccccc2)C(=O)C1=CC=C(C=Cc1c[nH]c(=O)n(-c2ccccc2)c1=O)c1ccncc1. The Kier molecular flexibility index (Phi) is 7.23. The molecule has 10 nitrogen and oxygen atoms in total. The zero-order valence-corrected chi connectivity index (χ0v) is 20.9. The number of hydrogen-bond donors (Lipinski definition) is 2. The molecule has 0 spiro atoms. The van der Waals surface area contributed by atoms with Gasteiger partial charge in [-0.15, -0.1) is 0 Å². The molecule has 2 aromatic heterocycles. The van der Waals surface area contributed by atoms with Crippen LogP contribution in [0.2, 0.25) is 0 Å². The van der Waals surface area contributed by atoms with Crippen LogP contribution >= 0.6 is 0 Å². The molecule has 0 radical (unpaired) electrons. The second-order valence-electron chi connectivity index (χ2n) is 8.53. The number of anilines is 1. The molecule has 196 valence electrons. The number of H-pyrrole nitrogens is 1. The molecule has 5 rings (SSSR count). The van der Waals surface area contributed by atoms with Gasteiger partial charge >= 0.3 is 11.7 Å². The van der Waals surface area contributed by atoms with Gasteiger partial charge in [0, 0.05) is 18.6 Å². The molecule has 0 bridgehead atoms. The van der Waals surface area contributed by atoms with E-state index in [1.165, 1.54) is 24.4 Å². The number of carbonyl (C=O) groups excluding carboxylic acids is 3. The van der Waals surface area contributed by atoms with Crippen LogP contribution in [0, 0.1) is 0 Å². The lowest BCUT2D eigenvalue weighted by atomic mass is 10.0. The molecule has 1 saturated heterocycles. The fraction of sp³-hybridized carbons (Fsp3) is 0. The maximum absolute atomic E-state index is 13.2. The van der Waals surface area contributed by atoms with Crippen molar-refractivity contribution in [2.45, 2.75) is 0 Å². The zero-order valence-electron chi connectivity index (χ0n) is 20.9. The summed E-state index contributed by atoms with van der Waals surface area (Å²) >= 11 is 0. The number of hydrogen-bond acceptors (Lipinski definition) is 6. The van der Waals surface area contributed by atoms with Crippen molar-refractivity contribution in [3.8, 4) is 5.69 Å². The van der Waals surface area contributed by atoms with Gasteiger partial charge in [-0.3, -0.25) is 24.7 Å². The third-order valence-electron chi connectivity index (χ3n) is 6.02. The van der Waals surface area contributed by atoms with Crippen LogP contribution in [-0.2, 0) is 9.59 Å². The topological polar surface area (TPSA) is 134 Å². The Bertz CT molecular complexity index is 1800. The van der Waals surface area contributed by atoms with E-state index in [9.17, 15) is 24.0 Å². The first-order valence-electron chi connectivity index (χ1n) is 12.1. The predicted octanol–water partition coefficient (Wildman–Crippen LogP) is 3.23. The van der Waals surface area contributed by atoms with E-state index >= 15 is 0 Å². The molecule has 40 heavy (non-hydrogen) atoms. The highest BCUT2D eigenvalue weighted by Crippen LogP contribution is 2.22. The summed E-state index contributed by atoms with van der Waals surface area (Å²) < 4.78 is 1.03. The summed E-state index contributed by atoms with van der Waals surface area (Å²) in [7, 11) is 0. The molecule has 4 amide bonds. The molecule has 1 aliphatic heterocycles. The first kappa shape index (κ1) is 25.7. The van der Waals surface area contributed by atoms with E-state index in [1.54, 1.807) is 91.3 Å². The molecule has 1 aliphatic rings. The number of urea groups is 1. The molecule has 3 heterocycles. The van der Waals surface area contributed by atoms with Gasteiger partial charge in [-0.25, -0.2) is 19.1 Å². The van der Waals surface area contributed by atoms with Gasteiger partial charge in [0.25, 0.3) is 17.4 Å². The fourth-order valence-corrected chi connectivity index (χ4v) is 4.05. The van der Waals surface area contributed by atoms with Crippen molar-refractivity contribution in [1.82, 2.24) is 19.9 Å². The van der Waals surface area contributed by atoms with E-state index in [4.69, 9.17) is 0 Å². The van der Waals surface area contributed by atoms with Crippen molar-refractivity contribution < 1.29 is 14.4 Å². The Balaban J connectivity index is 1.55. The summed E-state index contributed by atoms with van der Waals surface area (Å²) in [6.45, 7) is 0. The monoisotopic (exact) mass is 531 g/mol. The number of para-hydroxylation sites is 2. The van der Waals surface area contributed by atoms with Crippen molar-refractivity contribution in [3.05, 3.63) is 147 Å². The van der Waals surface area contributed by atoms with Crippen molar-refractivity contribution >= 4 is 35.2 Å². The van der Waals surface area contributed by atoms with E-state index in [0.717, 1.165) is 9.47 Å². The smallest absolute Gasteiger partial charge is 0.313 e. The summed E-state index contributed by atoms with van der Waals surface area (Å²) in [6, 6.07) is 19.3. The molecule has 2 aromatic carbocycles. The van der Waals surface area contributed by atoms with E-state index < -0.39 is 29.1 Å². The van der Waals surface area contributed by atoms with Crippen LogP contribution < -0.4 is 21.5 Å². The zero-order chi connectivity index (χ0) is 28.1. The number of nitrogens with one attached hydrogen (secondary N) is 2.